The lowest BCUT2D eigenvalue weighted by Gasteiger charge is -2.15. The summed E-state index contributed by atoms with van der Waals surface area (Å²) >= 11 is 3.20. The molecular formula is C12H11BrFNO. The smallest absolute Gasteiger partial charge is 0.140 e. The molecule has 1 N–H and O–H groups in total. The number of nitrogens with one attached hydrogen (secondary N) is 1. The van der Waals surface area contributed by atoms with Gasteiger partial charge in [-0.15, -0.1) is 0 Å². The zero-order chi connectivity index (χ0) is 11.5. The van der Waals surface area contributed by atoms with E-state index in [4.69, 9.17) is 0 Å². The van der Waals surface area contributed by atoms with Gasteiger partial charge in [-0.25, -0.2) is 4.39 Å². The number of hydrogen-bond donors (Lipinski definition) is 1. The Balaban J connectivity index is 2.24. The van der Waals surface area contributed by atoms with Gasteiger partial charge >= 0.3 is 0 Å². The molecule has 1 aromatic carbocycles. The lowest BCUT2D eigenvalue weighted by atomic mass is 10.1. The van der Waals surface area contributed by atoms with Crippen LogP contribution in [0.15, 0.2) is 28.4 Å². The second kappa shape index (κ2) is 4.78. The molecule has 1 aliphatic heterocycles. The topological polar surface area (TPSA) is 29.1 Å². The molecule has 0 aliphatic carbocycles. The van der Waals surface area contributed by atoms with E-state index in [0.717, 1.165) is 5.70 Å². The molecule has 1 heterocycles. The predicted octanol–water partition coefficient (Wildman–Crippen LogP) is 2.88. The standard InChI is InChI=1S/C12H11BrFNO/c13-9-2-1-8(12(14)6-9)5-10-7-11(16)3-4-15-10/h1-2,5-6,15H,3-4,7H2. The van der Waals surface area contributed by atoms with E-state index >= 15 is 0 Å². The van der Waals surface area contributed by atoms with Gasteiger partial charge in [0.2, 0.25) is 0 Å². The van der Waals surface area contributed by atoms with E-state index in [1.54, 1.807) is 18.2 Å². The van der Waals surface area contributed by atoms with Crippen LogP contribution in [0, 0.1) is 5.82 Å². The molecule has 1 aliphatic rings. The minimum Gasteiger partial charge on any atom is -0.388 e. The molecular weight excluding hydrogens is 273 g/mol. The highest BCUT2D eigenvalue weighted by Gasteiger charge is 2.12. The van der Waals surface area contributed by atoms with Crippen molar-refractivity contribution in [3.8, 4) is 0 Å². The summed E-state index contributed by atoms with van der Waals surface area (Å²) in [6.45, 7) is 0.642. The fraction of sp³-hybridized carbons (Fsp3) is 0.250. The van der Waals surface area contributed by atoms with Crippen LogP contribution in [0.5, 0.6) is 0 Å². The van der Waals surface area contributed by atoms with E-state index in [0.29, 0.717) is 29.4 Å². The fourth-order valence-corrected chi connectivity index (χ4v) is 1.97. The molecule has 84 valence electrons. The van der Waals surface area contributed by atoms with Gasteiger partial charge in [0, 0.05) is 35.1 Å². The van der Waals surface area contributed by atoms with E-state index in [-0.39, 0.29) is 11.6 Å². The average Bonchev–Trinajstić information content (AvgIpc) is 2.22. The van der Waals surface area contributed by atoms with Crippen molar-refractivity contribution in [2.45, 2.75) is 12.8 Å². The van der Waals surface area contributed by atoms with E-state index < -0.39 is 0 Å². The van der Waals surface area contributed by atoms with Crippen LogP contribution in [0.4, 0.5) is 4.39 Å². The number of piperidine rings is 1. The van der Waals surface area contributed by atoms with Gasteiger partial charge in [-0.1, -0.05) is 22.0 Å². The maximum atomic E-state index is 13.5. The Morgan fingerprint density at radius 3 is 2.94 bits per heavy atom. The number of rotatable bonds is 1. The normalized spacial score (nSPS) is 18.6. The number of hydrogen-bond acceptors (Lipinski definition) is 2. The summed E-state index contributed by atoms with van der Waals surface area (Å²) in [5, 5.41) is 3.10. The zero-order valence-corrected chi connectivity index (χ0v) is 10.2. The van der Waals surface area contributed by atoms with Crippen LogP contribution in [0.3, 0.4) is 0 Å². The molecule has 0 radical (unpaired) electrons. The van der Waals surface area contributed by atoms with Crippen molar-refractivity contribution in [2.24, 2.45) is 0 Å². The lowest BCUT2D eigenvalue weighted by Crippen LogP contribution is -2.25. The molecule has 0 amide bonds. The summed E-state index contributed by atoms with van der Waals surface area (Å²) in [7, 11) is 0. The monoisotopic (exact) mass is 283 g/mol. The van der Waals surface area contributed by atoms with Crippen molar-refractivity contribution in [3.05, 3.63) is 39.7 Å². The van der Waals surface area contributed by atoms with Crippen LogP contribution in [-0.4, -0.2) is 12.3 Å². The largest absolute Gasteiger partial charge is 0.388 e. The van der Waals surface area contributed by atoms with Gasteiger partial charge in [0.15, 0.2) is 0 Å². The minimum absolute atomic E-state index is 0.197. The first-order valence-electron chi connectivity index (χ1n) is 5.06. The van der Waals surface area contributed by atoms with Crippen molar-refractivity contribution in [1.82, 2.24) is 5.32 Å². The quantitative estimate of drug-likeness (QED) is 0.859. The number of benzene rings is 1. The van der Waals surface area contributed by atoms with Crippen molar-refractivity contribution in [3.63, 3.8) is 0 Å². The van der Waals surface area contributed by atoms with Gasteiger partial charge in [-0.3, -0.25) is 4.79 Å². The Labute approximate surface area is 102 Å². The summed E-state index contributed by atoms with van der Waals surface area (Å²) in [5.41, 5.74) is 1.29. The highest BCUT2D eigenvalue weighted by molar-refractivity contribution is 9.10. The first-order chi connectivity index (χ1) is 7.65. The van der Waals surface area contributed by atoms with Crippen molar-refractivity contribution in [1.29, 1.82) is 0 Å². The molecule has 2 nitrogen and oxygen atoms in total. The first-order valence-corrected chi connectivity index (χ1v) is 5.85. The van der Waals surface area contributed by atoms with E-state index in [1.165, 1.54) is 6.07 Å². The Hall–Kier alpha value is -1.16. The van der Waals surface area contributed by atoms with Crippen LogP contribution in [0.1, 0.15) is 18.4 Å². The average molecular weight is 284 g/mol. The van der Waals surface area contributed by atoms with Crippen LogP contribution < -0.4 is 5.32 Å². The Morgan fingerprint density at radius 1 is 1.44 bits per heavy atom. The van der Waals surface area contributed by atoms with E-state index in [1.807, 2.05) is 0 Å². The van der Waals surface area contributed by atoms with Gasteiger partial charge in [0.25, 0.3) is 0 Å². The Bertz CT molecular complexity index is 456. The molecule has 0 aromatic heterocycles. The number of carbonyl (C=O) groups excluding carboxylic acids is 1. The van der Waals surface area contributed by atoms with E-state index in [9.17, 15) is 9.18 Å². The van der Waals surface area contributed by atoms with Crippen molar-refractivity contribution < 1.29 is 9.18 Å². The van der Waals surface area contributed by atoms with Crippen molar-refractivity contribution in [2.75, 3.05) is 6.54 Å². The Kier molecular flexibility index (Phi) is 3.39. The molecule has 0 unspecified atom stereocenters. The molecule has 1 fully saturated rings. The molecule has 4 heteroatoms. The van der Waals surface area contributed by atoms with Crippen LogP contribution in [-0.2, 0) is 4.79 Å². The van der Waals surface area contributed by atoms with Gasteiger partial charge in [0.05, 0.1) is 0 Å². The molecule has 1 aromatic rings. The van der Waals surface area contributed by atoms with Gasteiger partial charge in [-0.2, -0.15) is 0 Å². The maximum absolute atomic E-state index is 13.5. The summed E-state index contributed by atoms with van der Waals surface area (Å²) in [6, 6.07) is 4.88. The number of ketones is 1. The predicted molar refractivity (Wildman–Crippen MR) is 64.3 cm³/mol. The second-order valence-corrected chi connectivity index (χ2v) is 4.64. The lowest BCUT2D eigenvalue weighted by molar-refractivity contribution is -0.119. The second-order valence-electron chi connectivity index (χ2n) is 3.73. The molecule has 0 saturated carbocycles. The van der Waals surface area contributed by atoms with Gasteiger partial charge in [0.1, 0.15) is 11.6 Å². The highest BCUT2D eigenvalue weighted by atomic mass is 79.9. The van der Waals surface area contributed by atoms with Crippen molar-refractivity contribution >= 4 is 27.8 Å². The summed E-state index contributed by atoms with van der Waals surface area (Å²) < 4.78 is 14.2. The summed E-state index contributed by atoms with van der Waals surface area (Å²) in [5.74, 6) is -0.0933. The number of halogens is 2. The summed E-state index contributed by atoms with van der Waals surface area (Å²) in [6.07, 6.45) is 2.62. The third-order valence-corrected chi connectivity index (χ3v) is 2.93. The molecule has 0 spiro atoms. The molecule has 0 atom stereocenters. The van der Waals surface area contributed by atoms with Gasteiger partial charge < -0.3 is 5.32 Å². The third kappa shape index (κ3) is 2.70. The zero-order valence-electron chi connectivity index (χ0n) is 8.59. The SMILES string of the molecule is O=C1CCNC(=Cc2ccc(Br)cc2F)C1. The van der Waals surface area contributed by atoms with Gasteiger partial charge in [-0.05, 0) is 18.2 Å². The van der Waals surface area contributed by atoms with Crippen LogP contribution in [0.25, 0.3) is 6.08 Å². The number of allylic oxidation sites excluding steroid dienone is 1. The maximum Gasteiger partial charge on any atom is 0.140 e. The number of Topliss-reactive ketones (excluding diaryl/α,β-unsaturated/α-hetero) is 1. The Morgan fingerprint density at radius 2 is 2.25 bits per heavy atom. The molecule has 16 heavy (non-hydrogen) atoms. The summed E-state index contributed by atoms with van der Waals surface area (Å²) in [4.78, 5) is 11.2. The molecule has 1 saturated heterocycles. The highest BCUT2D eigenvalue weighted by Crippen LogP contribution is 2.19. The van der Waals surface area contributed by atoms with Crippen LogP contribution in [0.2, 0.25) is 0 Å². The minimum atomic E-state index is -0.290. The van der Waals surface area contributed by atoms with E-state index in [2.05, 4.69) is 21.2 Å². The number of carbonyl (C=O) groups is 1. The fourth-order valence-electron chi connectivity index (χ4n) is 1.63. The third-order valence-electron chi connectivity index (χ3n) is 2.44. The molecule has 0 bridgehead atoms. The molecule has 2 rings (SSSR count). The van der Waals surface area contributed by atoms with Crippen LogP contribution >= 0.6 is 15.9 Å². The first kappa shape index (κ1) is 11.3.